The van der Waals surface area contributed by atoms with Gasteiger partial charge in [-0.3, -0.25) is 9.59 Å². The first-order valence-corrected chi connectivity index (χ1v) is 7.37. The minimum absolute atomic E-state index is 0.113. The molecular formula is C15H16N2O3S. The van der Waals surface area contributed by atoms with Crippen LogP contribution < -0.4 is 11.1 Å². The Labute approximate surface area is 126 Å². The van der Waals surface area contributed by atoms with Crippen LogP contribution in [0, 0.1) is 0 Å². The average Bonchev–Trinajstić information content (AvgIpc) is 2.99. The van der Waals surface area contributed by atoms with E-state index in [1.807, 2.05) is 35.7 Å². The first-order valence-electron chi connectivity index (χ1n) is 6.49. The fourth-order valence-electron chi connectivity index (χ4n) is 1.87. The summed E-state index contributed by atoms with van der Waals surface area (Å²) in [5, 5.41) is 13.4. The number of nitrogens with two attached hydrogens (primary N) is 1. The zero-order chi connectivity index (χ0) is 15.2. The number of para-hydroxylation sites is 1. The van der Waals surface area contributed by atoms with E-state index in [1.165, 1.54) is 0 Å². The Hall–Kier alpha value is -2.18. The van der Waals surface area contributed by atoms with Gasteiger partial charge in [0.15, 0.2) is 0 Å². The van der Waals surface area contributed by atoms with Crippen LogP contribution in [0.2, 0.25) is 0 Å². The van der Waals surface area contributed by atoms with Crippen molar-refractivity contribution >= 4 is 28.9 Å². The molecule has 5 nitrogen and oxygen atoms in total. The van der Waals surface area contributed by atoms with Crippen molar-refractivity contribution in [2.45, 2.75) is 18.9 Å². The summed E-state index contributed by atoms with van der Waals surface area (Å²) in [5.74, 6) is -1.34. The maximum atomic E-state index is 12.0. The molecule has 1 heterocycles. The van der Waals surface area contributed by atoms with Crippen molar-refractivity contribution in [2.24, 2.45) is 5.73 Å². The molecule has 0 fully saturated rings. The zero-order valence-corrected chi connectivity index (χ0v) is 12.1. The van der Waals surface area contributed by atoms with Crippen molar-refractivity contribution in [3.05, 3.63) is 41.8 Å². The van der Waals surface area contributed by atoms with Crippen molar-refractivity contribution < 1.29 is 14.7 Å². The summed E-state index contributed by atoms with van der Waals surface area (Å²) in [5.41, 5.74) is 7.31. The number of hydrogen-bond acceptors (Lipinski definition) is 4. The fourth-order valence-corrected chi connectivity index (χ4v) is 2.64. The van der Waals surface area contributed by atoms with E-state index in [-0.39, 0.29) is 18.7 Å². The van der Waals surface area contributed by atoms with Gasteiger partial charge in [0, 0.05) is 22.5 Å². The van der Waals surface area contributed by atoms with Gasteiger partial charge < -0.3 is 16.2 Å². The highest BCUT2D eigenvalue weighted by Crippen LogP contribution is 2.31. The number of nitrogens with one attached hydrogen (secondary N) is 1. The number of anilines is 1. The molecule has 0 spiro atoms. The molecule has 0 saturated carbocycles. The monoisotopic (exact) mass is 304 g/mol. The second-order valence-electron chi connectivity index (χ2n) is 4.55. The lowest BCUT2D eigenvalue weighted by molar-refractivity contribution is -0.137. The van der Waals surface area contributed by atoms with Crippen molar-refractivity contribution in [3.63, 3.8) is 0 Å². The first kappa shape index (κ1) is 15.2. The number of benzene rings is 1. The minimum Gasteiger partial charge on any atom is -0.481 e. The van der Waals surface area contributed by atoms with Crippen molar-refractivity contribution in [3.8, 4) is 10.4 Å². The third-order valence-corrected chi connectivity index (χ3v) is 3.88. The molecule has 6 heteroatoms. The van der Waals surface area contributed by atoms with Crippen LogP contribution in [0.5, 0.6) is 0 Å². The molecule has 2 aromatic rings. The fraction of sp³-hybridized carbons (Fsp3) is 0.200. The van der Waals surface area contributed by atoms with Gasteiger partial charge >= 0.3 is 5.97 Å². The third kappa shape index (κ3) is 4.14. The molecule has 0 radical (unpaired) electrons. The number of carbonyl (C=O) groups is 2. The lowest BCUT2D eigenvalue weighted by Crippen LogP contribution is -2.36. The summed E-state index contributed by atoms with van der Waals surface area (Å²) < 4.78 is 0. The van der Waals surface area contributed by atoms with Crippen LogP contribution in [0.25, 0.3) is 10.4 Å². The molecule has 0 aliphatic heterocycles. The maximum Gasteiger partial charge on any atom is 0.303 e. The van der Waals surface area contributed by atoms with Gasteiger partial charge in [-0.1, -0.05) is 24.3 Å². The minimum atomic E-state index is -0.961. The largest absolute Gasteiger partial charge is 0.481 e. The maximum absolute atomic E-state index is 12.0. The van der Waals surface area contributed by atoms with Gasteiger partial charge in [0.05, 0.1) is 6.04 Å². The number of amides is 1. The number of thiophene rings is 1. The first-order chi connectivity index (χ1) is 10.1. The molecule has 1 aromatic heterocycles. The summed E-state index contributed by atoms with van der Waals surface area (Å²) >= 11 is 1.58. The molecular weight excluding hydrogens is 288 g/mol. The molecule has 110 valence electrons. The molecule has 1 aromatic carbocycles. The van der Waals surface area contributed by atoms with Gasteiger partial charge in [-0.25, -0.2) is 0 Å². The third-order valence-electron chi connectivity index (χ3n) is 2.98. The highest BCUT2D eigenvalue weighted by atomic mass is 32.1. The lowest BCUT2D eigenvalue weighted by atomic mass is 10.1. The molecule has 21 heavy (non-hydrogen) atoms. The number of carboxylic acids is 1. The number of hydrogen-bond donors (Lipinski definition) is 3. The standard InChI is InChI=1S/C15H16N2O3S/c16-11(7-8-14(18)19)15(20)17-12-5-2-1-4-10(12)13-6-3-9-21-13/h1-6,9,11H,7-8,16H2,(H,17,20)(H,18,19). The van der Waals surface area contributed by atoms with E-state index >= 15 is 0 Å². The Morgan fingerprint density at radius 3 is 2.67 bits per heavy atom. The van der Waals surface area contributed by atoms with Crippen LogP contribution >= 0.6 is 11.3 Å². The normalized spacial score (nSPS) is 11.9. The smallest absolute Gasteiger partial charge is 0.303 e. The van der Waals surface area contributed by atoms with Gasteiger partial charge in [-0.05, 0) is 23.9 Å². The van der Waals surface area contributed by atoms with E-state index in [9.17, 15) is 9.59 Å². The van der Waals surface area contributed by atoms with E-state index in [2.05, 4.69) is 5.32 Å². The summed E-state index contributed by atoms with van der Waals surface area (Å²) in [6.07, 6.45) is -0.0104. The molecule has 4 N–H and O–H groups in total. The van der Waals surface area contributed by atoms with E-state index in [0.29, 0.717) is 5.69 Å². The lowest BCUT2D eigenvalue weighted by Gasteiger charge is -2.13. The zero-order valence-electron chi connectivity index (χ0n) is 11.3. The Bertz CT molecular complexity index is 626. The second-order valence-corrected chi connectivity index (χ2v) is 5.50. The van der Waals surface area contributed by atoms with Crippen molar-refractivity contribution in [1.29, 1.82) is 0 Å². The number of aliphatic carboxylic acids is 1. The number of rotatable bonds is 6. The van der Waals surface area contributed by atoms with Gasteiger partial charge in [0.1, 0.15) is 0 Å². The van der Waals surface area contributed by atoms with Gasteiger partial charge in [0.25, 0.3) is 0 Å². The molecule has 0 aliphatic carbocycles. The Morgan fingerprint density at radius 1 is 1.24 bits per heavy atom. The molecule has 0 aliphatic rings. The van der Waals surface area contributed by atoms with Crippen LogP contribution in [0.3, 0.4) is 0 Å². The van der Waals surface area contributed by atoms with Crippen molar-refractivity contribution in [2.75, 3.05) is 5.32 Å². The second kappa shape index (κ2) is 7.01. The molecule has 1 atom stereocenters. The summed E-state index contributed by atoms with van der Waals surface area (Å²) in [4.78, 5) is 23.6. The Balaban J connectivity index is 2.09. The summed E-state index contributed by atoms with van der Waals surface area (Å²) in [6.45, 7) is 0. The van der Waals surface area contributed by atoms with E-state index in [0.717, 1.165) is 10.4 Å². The Kier molecular flexibility index (Phi) is 5.08. The molecule has 2 rings (SSSR count). The predicted molar refractivity (Wildman–Crippen MR) is 83.2 cm³/mol. The topological polar surface area (TPSA) is 92.4 Å². The van der Waals surface area contributed by atoms with Gasteiger partial charge in [0.2, 0.25) is 5.91 Å². The van der Waals surface area contributed by atoms with Gasteiger partial charge in [-0.15, -0.1) is 11.3 Å². The molecule has 1 unspecified atom stereocenters. The van der Waals surface area contributed by atoms with Crippen LogP contribution in [0.1, 0.15) is 12.8 Å². The van der Waals surface area contributed by atoms with Gasteiger partial charge in [-0.2, -0.15) is 0 Å². The number of carboxylic acid groups (broad SMARTS) is 1. The molecule has 0 bridgehead atoms. The summed E-state index contributed by atoms with van der Waals surface area (Å²) in [7, 11) is 0. The SMILES string of the molecule is NC(CCC(=O)O)C(=O)Nc1ccccc1-c1cccs1. The molecule has 0 saturated heterocycles. The van der Waals surface area contributed by atoms with Crippen LogP contribution in [0.15, 0.2) is 41.8 Å². The average molecular weight is 304 g/mol. The van der Waals surface area contributed by atoms with E-state index in [1.54, 1.807) is 17.4 Å². The number of carbonyl (C=O) groups excluding carboxylic acids is 1. The highest BCUT2D eigenvalue weighted by molar-refractivity contribution is 7.13. The van der Waals surface area contributed by atoms with E-state index < -0.39 is 12.0 Å². The van der Waals surface area contributed by atoms with Crippen molar-refractivity contribution in [1.82, 2.24) is 0 Å². The predicted octanol–water partition coefficient (Wildman–Crippen LogP) is 2.55. The molecule has 1 amide bonds. The van der Waals surface area contributed by atoms with Crippen LogP contribution in [-0.2, 0) is 9.59 Å². The summed E-state index contributed by atoms with van der Waals surface area (Å²) in [6, 6.07) is 10.5. The van der Waals surface area contributed by atoms with E-state index in [4.69, 9.17) is 10.8 Å². The Morgan fingerprint density at radius 2 is 2.00 bits per heavy atom. The van der Waals surface area contributed by atoms with Crippen LogP contribution in [0.4, 0.5) is 5.69 Å². The van der Waals surface area contributed by atoms with Crippen LogP contribution in [-0.4, -0.2) is 23.0 Å². The quantitative estimate of drug-likeness (QED) is 0.764. The highest BCUT2D eigenvalue weighted by Gasteiger charge is 2.16.